The zero-order valence-corrected chi connectivity index (χ0v) is 24.2. The molecule has 9 atom stereocenters. The summed E-state index contributed by atoms with van der Waals surface area (Å²) in [6, 6.07) is 0. The fraction of sp³-hybridized carbons (Fsp3) is 0.852. The first kappa shape index (κ1) is 32.2. The second-order valence-electron chi connectivity index (χ2n) is 11.5. The lowest BCUT2D eigenvalue weighted by Gasteiger charge is -2.53. The van der Waals surface area contributed by atoms with Crippen LogP contribution < -0.4 is 0 Å². The number of hydrogen-bond donors (Lipinski definition) is 1. The van der Waals surface area contributed by atoms with Crippen molar-refractivity contribution in [2.75, 3.05) is 20.3 Å². The van der Waals surface area contributed by atoms with Gasteiger partial charge in [0.15, 0.2) is 18.0 Å². The maximum atomic E-state index is 12.2. The molecule has 228 valence electrons. The number of aliphatic hydroxyl groups excluding tert-OH is 1. The van der Waals surface area contributed by atoms with Crippen molar-refractivity contribution in [2.24, 2.45) is 5.41 Å². The molecule has 3 aliphatic rings. The number of carbonyl (C=O) groups is 4. The van der Waals surface area contributed by atoms with Crippen LogP contribution in [0.15, 0.2) is 0 Å². The van der Waals surface area contributed by atoms with Crippen molar-refractivity contribution in [3.63, 3.8) is 0 Å². The van der Waals surface area contributed by atoms with Gasteiger partial charge >= 0.3 is 23.9 Å². The van der Waals surface area contributed by atoms with Crippen molar-refractivity contribution in [1.82, 2.24) is 0 Å². The number of aliphatic hydroxyl groups is 1. The molecule has 0 aromatic heterocycles. The number of methoxy groups -OCH3 is 1. The fourth-order valence-electron chi connectivity index (χ4n) is 5.25. The van der Waals surface area contributed by atoms with E-state index >= 15 is 0 Å². The maximum Gasteiger partial charge on any atom is 0.311 e. The van der Waals surface area contributed by atoms with Crippen LogP contribution in [0.25, 0.3) is 0 Å². The molecule has 1 N–H and O–H groups in total. The Bertz CT molecular complexity index is 930. The monoisotopic (exact) mass is 574 g/mol. The van der Waals surface area contributed by atoms with E-state index in [0.29, 0.717) is 19.3 Å². The van der Waals surface area contributed by atoms with Crippen molar-refractivity contribution in [3.8, 4) is 0 Å². The molecule has 3 heterocycles. The molecule has 3 aliphatic heterocycles. The Morgan fingerprint density at radius 2 is 1.70 bits per heavy atom. The van der Waals surface area contributed by atoms with E-state index in [1.54, 1.807) is 20.8 Å². The van der Waals surface area contributed by atoms with E-state index in [2.05, 4.69) is 0 Å². The summed E-state index contributed by atoms with van der Waals surface area (Å²) in [7, 11) is 1.45. The third kappa shape index (κ3) is 7.69. The first-order valence-electron chi connectivity index (χ1n) is 13.5. The molecule has 0 aliphatic carbocycles. The van der Waals surface area contributed by atoms with Gasteiger partial charge in [-0.15, -0.1) is 0 Å². The van der Waals surface area contributed by atoms with Gasteiger partial charge in [0.05, 0.1) is 24.2 Å². The van der Waals surface area contributed by atoms with Crippen molar-refractivity contribution in [2.45, 2.75) is 122 Å². The highest BCUT2D eigenvalue weighted by Gasteiger charge is 2.65. The molecule has 5 unspecified atom stereocenters. The molecule has 13 heteroatoms. The standard InChI is InChI=1S/C27H42O13/c1-14(28)35-13-18(36-15(2)29)12-19-20(31)21-22(39-19)23(37-16(3)30)24-27(33-7,40-21)10-8-17(38-24)9-11-34-25(32)26(4,5)6/h17-24,31H,8-13H2,1-7H3/t17?,18-,19?,20?,21+,22?,23+,24-,27?/m1/s1. The second-order valence-corrected chi connectivity index (χ2v) is 11.5. The van der Waals surface area contributed by atoms with Gasteiger partial charge in [0.25, 0.3) is 0 Å². The summed E-state index contributed by atoms with van der Waals surface area (Å²) in [6.07, 6.45) is -5.89. The van der Waals surface area contributed by atoms with Gasteiger partial charge in [0.2, 0.25) is 0 Å². The van der Waals surface area contributed by atoms with E-state index in [4.69, 9.17) is 37.9 Å². The van der Waals surface area contributed by atoms with Crippen LogP contribution in [0.4, 0.5) is 0 Å². The zero-order valence-electron chi connectivity index (χ0n) is 24.2. The topological polar surface area (TPSA) is 162 Å². The first-order chi connectivity index (χ1) is 18.7. The van der Waals surface area contributed by atoms with Gasteiger partial charge in [0.1, 0.15) is 31.0 Å². The van der Waals surface area contributed by atoms with Crippen molar-refractivity contribution < 1.29 is 62.2 Å². The van der Waals surface area contributed by atoms with E-state index in [1.807, 2.05) is 0 Å². The molecule has 0 aromatic rings. The minimum absolute atomic E-state index is 0.00947. The van der Waals surface area contributed by atoms with Crippen LogP contribution in [0.2, 0.25) is 0 Å². The van der Waals surface area contributed by atoms with Gasteiger partial charge in [-0.25, -0.2) is 0 Å². The molecule has 3 saturated heterocycles. The molecule has 3 rings (SSSR count). The van der Waals surface area contributed by atoms with Gasteiger partial charge in [0, 0.05) is 47.1 Å². The molecule has 0 spiro atoms. The number of fused-ring (bicyclic) bond motifs is 2. The van der Waals surface area contributed by atoms with Gasteiger partial charge in [-0.2, -0.15) is 0 Å². The predicted octanol–water partition coefficient (Wildman–Crippen LogP) is 1.20. The van der Waals surface area contributed by atoms with Gasteiger partial charge in [-0.1, -0.05) is 0 Å². The lowest BCUT2D eigenvalue weighted by atomic mass is 9.85. The number of ether oxygens (including phenoxy) is 8. The molecule has 40 heavy (non-hydrogen) atoms. The smallest absolute Gasteiger partial charge is 0.311 e. The highest BCUT2D eigenvalue weighted by Crippen LogP contribution is 2.47. The normalized spacial score (nSPS) is 34.1. The minimum Gasteiger partial charge on any atom is -0.465 e. The largest absolute Gasteiger partial charge is 0.465 e. The summed E-state index contributed by atoms with van der Waals surface area (Å²) in [4.78, 5) is 47.2. The molecule has 0 radical (unpaired) electrons. The average Bonchev–Trinajstić information content (AvgIpc) is 3.16. The highest BCUT2D eigenvalue weighted by molar-refractivity contribution is 5.75. The quantitative estimate of drug-likeness (QED) is 0.293. The predicted molar refractivity (Wildman–Crippen MR) is 135 cm³/mol. The molecule has 13 nitrogen and oxygen atoms in total. The number of carbonyl (C=O) groups excluding carboxylic acids is 4. The molecular weight excluding hydrogens is 532 g/mol. The Labute approximate surface area is 234 Å². The van der Waals surface area contributed by atoms with E-state index in [1.165, 1.54) is 27.9 Å². The molecular formula is C27H42O13. The Morgan fingerprint density at radius 3 is 2.27 bits per heavy atom. The van der Waals surface area contributed by atoms with Crippen LogP contribution >= 0.6 is 0 Å². The Morgan fingerprint density at radius 1 is 1.00 bits per heavy atom. The molecule has 3 fully saturated rings. The summed E-state index contributed by atoms with van der Waals surface area (Å²) in [5.74, 6) is -3.39. The molecule has 0 aromatic carbocycles. The van der Waals surface area contributed by atoms with Crippen molar-refractivity contribution >= 4 is 23.9 Å². The van der Waals surface area contributed by atoms with Crippen LogP contribution in [-0.2, 0) is 57.1 Å². The summed E-state index contributed by atoms with van der Waals surface area (Å²) in [6.45, 7) is 8.94. The van der Waals surface area contributed by atoms with E-state index < -0.39 is 71.8 Å². The lowest BCUT2D eigenvalue weighted by molar-refractivity contribution is -0.382. The van der Waals surface area contributed by atoms with Gasteiger partial charge < -0.3 is 43.0 Å². The molecule has 0 amide bonds. The van der Waals surface area contributed by atoms with E-state index in [9.17, 15) is 24.3 Å². The minimum atomic E-state index is -1.34. The SMILES string of the molecule is COC12CCC(CCOC(=O)C(C)(C)C)O[C@@H]1[C@@H](OC(C)=O)C1OC(C[C@H](COC(C)=O)OC(C)=O)C(O)[C@@H]1O2. The Balaban J connectivity index is 1.77. The van der Waals surface area contributed by atoms with Crippen LogP contribution in [0.3, 0.4) is 0 Å². The molecule has 0 bridgehead atoms. The second kappa shape index (κ2) is 13.1. The van der Waals surface area contributed by atoms with Gasteiger partial charge in [-0.3, -0.25) is 19.2 Å². The van der Waals surface area contributed by atoms with Gasteiger partial charge in [-0.05, 0) is 27.2 Å². The molecule has 0 saturated carbocycles. The summed E-state index contributed by atoms with van der Waals surface area (Å²) in [5, 5.41) is 11.2. The van der Waals surface area contributed by atoms with Crippen LogP contribution in [0.1, 0.15) is 67.2 Å². The summed E-state index contributed by atoms with van der Waals surface area (Å²) in [5.41, 5.74) is -0.630. The van der Waals surface area contributed by atoms with Crippen LogP contribution in [0.5, 0.6) is 0 Å². The average molecular weight is 575 g/mol. The number of hydrogen-bond acceptors (Lipinski definition) is 13. The third-order valence-electron chi connectivity index (χ3n) is 7.15. The Kier molecular flexibility index (Phi) is 10.6. The first-order valence-corrected chi connectivity index (χ1v) is 13.5. The van der Waals surface area contributed by atoms with E-state index in [-0.39, 0.29) is 31.7 Å². The fourth-order valence-corrected chi connectivity index (χ4v) is 5.25. The summed E-state index contributed by atoms with van der Waals surface area (Å²) >= 11 is 0. The lowest BCUT2D eigenvalue weighted by Crippen LogP contribution is -2.69. The Hall–Kier alpha value is -2.32. The number of rotatable bonds is 10. The third-order valence-corrected chi connectivity index (χ3v) is 7.15. The van der Waals surface area contributed by atoms with E-state index in [0.717, 1.165) is 0 Å². The van der Waals surface area contributed by atoms with Crippen LogP contribution in [-0.4, -0.2) is 104 Å². The van der Waals surface area contributed by atoms with Crippen LogP contribution in [0, 0.1) is 5.41 Å². The van der Waals surface area contributed by atoms with Crippen molar-refractivity contribution in [3.05, 3.63) is 0 Å². The number of esters is 4. The van der Waals surface area contributed by atoms with Crippen molar-refractivity contribution in [1.29, 1.82) is 0 Å². The zero-order chi connectivity index (χ0) is 29.8. The highest BCUT2D eigenvalue weighted by atomic mass is 16.7. The summed E-state index contributed by atoms with van der Waals surface area (Å²) < 4.78 is 45.9. The maximum absolute atomic E-state index is 12.2.